The second-order valence-corrected chi connectivity index (χ2v) is 4.33. The number of hydrogen-bond donors (Lipinski definition) is 1. The number of aryl methyl sites for hydroxylation is 1. The highest BCUT2D eigenvalue weighted by atomic mass is 79.9. The lowest BCUT2D eigenvalue weighted by atomic mass is 10.2. The van der Waals surface area contributed by atoms with E-state index in [1.165, 1.54) is 5.56 Å². The summed E-state index contributed by atoms with van der Waals surface area (Å²) in [5.74, 6) is 0. The van der Waals surface area contributed by atoms with Gasteiger partial charge in [-0.3, -0.25) is 4.57 Å². The van der Waals surface area contributed by atoms with Crippen LogP contribution in [-0.2, 0) is 0 Å². The Morgan fingerprint density at radius 3 is 2.79 bits per heavy atom. The molecule has 1 heterocycles. The van der Waals surface area contributed by atoms with E-state index in [1.807, 2.05) is 23.0 Å². The highest BCUT2D eigenvalue weighted by molar-refractivity contribution is 9.10. The monoisotopic (exact) mass is 268 g/mol. The van der Waals surface area contributed by atoms with E-state index in [0.29, 0.717) is 4.77 Å². The number of rotatable bonds is 1. The van der Waals surface area contributed by atoms with Crippen LogP contribution < -0.4 is 0 Å². The number of halogens is 1. The summed E-state index contributed by atoms with van der Waals surface area (Å²) in [6, 6.07) is 6.18. The molecule has 1 N–H and O–H groups in total. The predicted molar refractivity (Wildman–Crippen MR) is 63.4 cm³/mol. The SMILES string of the molecule is Cc1ccc(-n2cc[nH]c2=S)c(Br)c1. The van der Waals surface area contributed by atoms with Gasteiger partial charge in [-0.1, -0.05) is 6.07 Å². The van der Waals surface area contributed by atoms with Crippen LogP contribution >= 0.6 is 28.1 Å². The highest BCUT2D eigenvalue weighted by Gasteiger charge is 2.02. The summed E-state index contributed by atoms with van der Waals surface area (Å²) in [7, 11) is 0. The van der Waals surface area contributed by atoms with Crippen molar-refractivity contribution in [3.63, 3.8) is 0 Å². The summed E-state index contributed by atoms with van der Waals surface area (Å²) in [6.45, 7) is 2.06. The summed E-state index contributed by atoms with van der Waals surface area (Å²) in [5.41, 5.74) is 2.28. The van der Waals surface area contributed by atoms with Gasteiger partial charge in [0.1, 0.15) is 0 Å². The van der Waals surface area contributed by atoms with Gasteiger partial charge in [-0.2, -0.15) is 0 Å². The number of H-pyrrole nitrogens is 1. The van der Waals surface area contributed by atoms with Crippen LogP contribution in [0, 0.1) is 11.7 Å². The molecule has 0 unspecified atom stereocenters. The van der Waals surface area contributed by atoms with Gasteiger partial charge in [0.15, 0.2) is 4.77 Å². The maximum absolute atomic E-state index is 5.15. The predicted octanol–water partition coefficient (Wildman–Crippen LogP) is 3.61. The molecule has 14 heavy (non-hydrogen) atoms. The molecular weight excluding hydrogens is 260 g/mol. The number of imidazole rings is 1. The molecule has 0 fully saturated rings. The van der Waals surface area contributed by atoms with Gasteiger partial charge in [0.25, 0.3) is 0 Å². The van der Waals surface area contributed by atoms with Crippen LogP contribution in [-0.4, -0.2) is 9.55 Å². The van der Waals surface area contributed by atoms with Crippen molar-refractivity contribution in [3.05, 3.63) is 45.4 Å². The normalized spacial score (nSPS) is 10.4. The lowest BCUT2D eigenvalue weighted by Gasteiger charge is -2.05. The summed E-state index contributed by atoms with van der Waals surface area (Å²) in [5, 5.41) is 0. The number of hydrogen-bond acceptors (Lipinski definition) is 1. The first kappa shape index (κ1) is 9.68. The third kappa shape index (κ3) is 1.67. The van der Waals surface area contributed by atoms with Gasteiger partial charge in [0.2, 0.25) is 0 Å². The van der Waals surface area contributed by atoms with Crippen molar-refractivity contribution in [1.82, 2.24) is 9.55 Å². The third-order valence-corrected chi connectivity index (χ3v) is 2.96. The first-order valence-corrected chi connectivity index (χ1v) is 5.41. The largest absolute Gasteiger partial charge is 0.337 e. The van der Waals surface area contributed by atoms with Crippen LogP contribution in [0.15, 0.2) is 35.1 Å². The van der Waals surface area contributed by atoms with E-state index in [4.69, 9.17) is 12.2 Å². The zero-order chi connectivity index (χ0) is 10.1. The molecule has 0 aliphatic heterocycles. The minimum absolute atomic E-state index is 0.703. The van der Waals surface area contributed by atoms with Gasteiger partial charge >= 0.3 is 0 Å². The summed E-state index contributed by atoms with van der Waals surface area (Å²) >= 11 is 8.67. The maximum Gasteiger partial charge on any atom is 0.181 e. The Morgan fingerprint density at radius 2 is 2.21 bits per heavy atom. The Hall–Kier alpha value is -0.870. The van der Waals surface area contributed by atoms with E-state index in [0.717, 1.165) is 10.2 Å². The zero-order valence-corrected chi connectivity index (χ0v) is 10.0. The molecule has 1 aromatic heterocycles. The number of aromatic nitrogens is 2. The summed E-state index contributed by atoms with van der Waals surface area (Å²) in [4.78, 5) is 2.97. The minimum Gasteiger partial charge on any atom is -0.337 e. The Kier molecular flexibility index (Phi) is 2.56. The van der Waals surface area contributed by atoms with Crippen molar-refractivity contribution >= 4 is 28.1 Å². The summed E-state index contributed by atoms with van der Waals surface area (Å²) < 4.78 is 3.68. The fourth-order valence-electron chi connectivity index (χ4n) is 1.32. The first-order valence-electron chi connectivity index (χ1n) is 4.21. The average molecular weight is 269 g/mol. The highest BCUT2D eigenvalue weighted by Crippen LogP contribution is 2.22. The van der Waals surface area contributed by atoms with Crippen molar-refractivity contribution < 1.29 is 0 Å². The van der Waals surface area contributed by atoms with Gasteiger partial charge in [-0.05, 0) is 52.8 Å². The van der Waals surface area contributed by atoms with E-state index in [2.05, 4.69) is 40.0 Å². The molecule has 0 bridgehead atoms. The molecule has 0 saturated carbocycles. The van der Waals surface area contributed by atoms with Crippen LogP contribution in [0.25, 0.3) is 5.69 Å². The fraction of sp³-hybridized carbons (Fsp3) is 0.100. The van der Waals surface area contributed by atoms with E-state index < -0.39 is 0 Å². The molecule has 0 amide bonds. The van der Waals surface area contributed by atoms with Gasteiger partial charge in [0.05, 0.1) is 5.69 Å². The van der Waals surface area contributed by atoms with E-state index >= 15 is 0 Å². The molecule has 2 aromatic rings. The molecule has 0 aliphatic rings. The molecule has 0 radical (unpaired) electrons. The van der Waals surface area contributed by atoms with Crippen LogP contribution in [0.3, 0.4) is 0 Å². The quantitative estimate of drug-likeness (QED) is 0.784. The molecule has 4 heteroatoms. The summed E-state index contributed by atoms with van der Waals surface area (Å²) in [6.07, 6.45) is 3.74. The Labute approximate surface area is 95.7 Å². The van der Waals surface area contributed by atoms with Crippen LogP contribution in [0.5, 0.6) is 0 Å². The van der Waals surface area contributed by atoms with Crippen LogP contribution in [0.2, 0.25) is 0 Å². The Bertz CT molecular complexity index is 513. The lowest BCUT2D eigenvalue weighted by molar-refractivity contribution is 1.02. The van der Waals surface area contributed by atoms with Gasteiger partial charge in [-0.15, -0.1) is 0 Å². The molecule has 0 saturated heterocycles. The average Bonchev–Trinajstić information content (AvgIpc) is 2.52. The van der Waals surface area contributed by atoms with E-state index in [-0.39, 0.29) is 0 Å². The lowest BCUT2D eigenvalue weighted by Crippen LogP contribution is -1.93. The van der Waals surface area contributed by atoms with Crippen molar-refractivity contribution in [3.8, 4) is 5.69 Å². The molecule has 2 rings (SSSR count). The molecule has 1 aromatic carbocycles. The molecular formula is C10H9BrN2S. The number of nitrogens with one attached hydrogen (secondary N) is 1. The number of nitrogens with zero attached hydrogens (tertiary/aromatic N) is 1. The smallest absolute Gasteiger partial charge is 0.181 e. The number of aromatic amines is 1. The number of benzene rings is 1. The second kappa shape index (κ2) is 3.71. The Morgan fingerprint density at radius 1 is 1.43 bits per heavy atom. The van der Waals surface area contributed by atoms with Gasteiger partial charge in [0, 0.05) is 16.9 Å². The molecule has 0 spiro atoms. The molecule has 0 aliphatic carbocycles. The maximum atomic E-state index is 5.15. The third-order valence-electron chi connectivity index (χ3n) is 2.01. The fourth-order valence-corrected chi connectivity index (χ4v) is 2.23. The minimum atomic E-state index is 0.703. The topological polar surface area (TPSA) is 20.7 Å². The van der Waals surface area contributed by atoms with Crippen molar-refractivity contribution in [2.45, 2.75) is 6.92 Å². The first-order chi connectivity index (χ1) is 6.68. The Balaban J connectivity index is 2.63. The standard InChI is InChI=1S/C10H9BrN2S/c1-7-2-3-9(8(11)6-7)13-5-4-12-10(13)14/h2-6H,1H3,(H,12,14). The zero-order valence-electron chi connectivity index (χ0n) is 7.62. The van der Waals surface area contributed by atoms with Crippen molar-refractivity contribution in [2.24, 2.45) is 0 Å². The van der Waals surface area contributed by atoms with Crippen molar-refractivity contribution in [2.75, 3.05) is 0 Å². The molecule has 2 nitrogen and oxygen atoms in total. The van der Waals surface area contributed by atoms with Gasteiger partial charge < -0.3 is 4.98 Å². The second-order valence-electron chi connectivity index (χ2n) is 3.09. The van der Waals surface area contributed by atoms with Gasteiger partial charge in [-0.25, -0.2) is 0 Å². The van der Waals surface area contributed by atoms with E-state index in [9.17, 15) is 0 Å². The van der Waals surface area contributed by atoms with E-state index in [1.54, 1.807) is 0 Å². The van der Waals surface area contributed by atoms with Crippen LogP contribution in [0.1, 0.15) is 5.56 Å². The molecule has 72 valence electrons. The van der Waals surface area contributed by atoms with Crippen LogP contribution in [0.4, 0.5) is 0 Å². The molecule has 0 atom stereocenters. The van der Waals surface area contributed by atoms with Crippen molar-refractivity contribution in [1.29, 1.82) is 0 Å².